The summed E-state index contributed by atoms with van der Waals surface area (Å²) in [6.07, 6.45) is 56.6. The molecule has 0 saturated heterocycles. The molecule has 0 aliphatic rings. The van der Waals surface area contributed by atoms with Crippen LogP contribution in [-0.4, -0.2) is 37.2 Å². The third-order valence-electron chi connectivity index (χ3n) is 13.7. The lowest BCUT2D eigenvalue weighted by Crippen LogP contribution is -2.30. The van der Waals surface area contributed by atoms with Crippen LogP contribution in [0.1, 0.15) is 329 Å². The minimum atomic E-state index is -0.762. The fourth-order valence-electron chi connectivity index (χ4n) is 8.89. The predicted molar refractivity (Wildman–Crippen MR) is 275 cm³/mol. The molecule has 64 heavy (non-hydrogen) atoms. The molecule has 0 aliphatic carbocycles. The first kappa shape index (κ1) is 62.4. The van der Waals surface area contributed by atoms with Crippen LogP contribution in [0.15, 0.2) is 0 Å². The Morgan fingerprint density at radius 3 is 0.812 bits per heavy atom. The quantitative estimate of drug-likeness (QED) is 0.0344. The number of unbranched alkanes of at least 4 members (excludes halogenated alkanes) is 39. The van der Waals surface area contributed by atoms with Crippen molar-refractivity contribution >= 4 is 17.9 Å². The largest absolute Gasteiger partial charge is 0.462 e. The zero-order valence-electron chi connectivity index (χ0n) is 43.8. The summed E-state index contributed by atoms with van der Waals surface area (Å²) in [6.45, 7) is 9.08. The number of ether oxygens (including phenoxy) is 3. The molecular formula is C58H112O6. The molecule has 0 spiro atoms. The Hall–Kier alpha value is -1.59. The molecular weight excluding hydrogens is 793 g/mol. The molecule has 1 unspecified atom stereocenters. The van der Waals surface area contributed by atoms with Crippen LogP contribution in [-0.2, 0) is 28.6 Å². The van der Waals surface area contributed by atoms with E-state index in [1.54, 1.807) is 0 Å². The molecule has 0 bridgehead atoms. The van der Waals surface area contributed by atoms with Crippen LogP contribution < -0.4 is 0 Å². The summed E-state index contributed by atoms with van der Waals surface area (Å²) in [5, 5.41) is 0. The van der Waals surface area contributed by atoms with Crippen LogP contribution in [0.5, 0.6) is 0 Å². The third-order valence-corrected chi connectivity index (χ3v) is 13.7. The number of rotatable bonds is 53. The van der Waals surface area contributed by atoms with E-state index < -0.39 is 6.10 Å². The predicted octanol–water partition coefficient (Wildman–Crippen LogP) is 19.0. The Kier molecular flexibility index (Phi) is 51.1. The van der Waals surface area contributed by atoms with Gasteiger partial charge in [0.2, 0.25) is 0 Å². The molecule has 0 amide bonds. The first-order chi connectivity index (χ1) is 31.4. The van der Waals surface area contributed by atoms with Crippen LogP contribution in [0.25, 0.3) is 0 Å². The molecule has 0 aliphatic heterocycles. The summed E-state index contributed by atoms with van der Waals surface area (Å²) >= 11 is 0. The Balaban J connectivity index is 4.27. The van der Waals surface area contributed by atoms with Gasteiger partial charge >= 0.3 is 17.9 Å². The summed E-state index contributed by atoms with van der Waals surface area (Å²) < 4.78 is 16.9. The van der Waals surface area contributed by atoms with Gasteiger partial charge in [0.15, 0.2) is 6.10 Å². The van der Waals surface area contributed by atoms with E-state index in [4.69, 9.17) is 14.2 Å². The Bertz CT molecular complexity index is 966. The van der Waals surface area contributed by atoms with Crippen molar-refractivity contribution in [3.8, 4) is 0 Å². The number of esters is 3. The van der Waals surface area contributed by atoms with Crippen LogP contribution >= 0.6 is 0 Å². The maximum absolute atomic E-state index is 12.8. The minimum Gasteiger partial charge on any atom is -0.462 e. The zero-order chi connectivity index (χ0) is 46.7. The van der Waals surface area contributed by atoms with E-state index in [0.29, 0.717) is 19.3 Å². The molecule has 380 valence electrons. The highest BCUT2D eigenvalue weighted by molar-refractivity contribution is 5.71. The number of hydrogen-bond donors (Lipinski definition) is 0. The lowest BCUT2D eigenvalue weighted by Gasteiger charge is -2.18. The second-order valence-corrected chi connectivity index (χ2v) is 20.2. The average Bonchev–Trinajstić information content (AvgIpc) is 3.29. The molecule has 0 N–H and O–H groups in total. The number of carbonyl (C=O) groups excluding carboxylic acids is 3. The summed E-state index contributed by atoms with van der Waals surface area (Å²) in [5.41, 5.74) is 0. The molecule has 0 fully saturated rings. The number of hydrogen-bond acceptors (Lipinski definition) is 6. The molecule has 6 nitrogen and oxygen atoms in total. The van der Waals surface area contributed by atoms with Crippen LogP contribution in [0.4, 0.5) is 0 Å². The molecule has 0 heterocycles. The van der Waals surface area contributed by atoms with Crippen LogP contribution in [0.3, 0.4) is 0 Å². The maximum Gasteiger partial charge on any atom is 0.306 e. The minimum absolute atomic E-state index is 0.0622. The van der Waals surface area contributed by atoms with E-state index in [-0.39, 0.29) is 31.1 Å². The normalized spacial score (nSPS) is 12.4. The molecule has 2 atom stereocenters. The topological polar surface area (TPSA) is 78.9 Å². The van der Waals surface area contributed by atoms with Crippen molar-refractivity contribution < 1.29 is 28.6 Å². The van der Waals surface area contributed by atoms with E-state index in [0.717, 1.165) is 63.7 Å². The van der Waals surface area contributed by atoms with E-state index in [1.807, 2.05) is 0 Å². The standard InChI is InChI=1S/C58H112O6/c1-5-8-10-12-14-16-18-20-21-22-23-24-25-27-29-34-38-42-46-50-57(60)63-53-55(52-62-56(59)49-45-41-37-33-28-26-19-17-15-13-11-9-6-2)64-58(61)51-47-43-39-35-31-30-32-36-40-44-48-54(4)7-3/h54-55H,5-53H2,1-4H3/t54?,55-/m0/s1. The summed E-state index contributed by atoms with van der Waals surface area (Å²) in [5.74, 6) is 0.0303. The van der Waals surface area contributed by atoms with Crippen LogP contribution in [0.2, 0.25) is 0 Å². The van der Waals surface area contributed by atoms with Gasteiger partial charge in [-0.25, -0.2) is 0 Å². The maximum atomic E-state index is 12.8. The van der Waals surface area contributed by atoms with Gasteiger partial charge < -0.3 is 14.2 Å². The highest BCUT2D eigenvalue weighted by atomic mass is 16.6. The first-order valence-corrected chi connectivity index (χ1v) is 28.9. The van der Waals surface area contributed by atoms with E-state index >= 15 is 0 Å². The first-order valence-electron chi connectivity index (χ1n) is 28.9. The second-order valence-electron chi connectivity index (χ2n) is 20.2. The molecule has 0 aromatic heterocycles. The van der Waals surface area contributed by atoms with Crippen molar-refractivity contribution in [3.05, 3.63) is 0 Å². The summed E-state index contributed by atoms with van der Waals surface area (Å²) in [7, 11) is 0. The number of carbonyl (C=O) groups is 3. The van der Waals surface area contributed by atoms with Gasteiger partial charge in [0, 0.05) is 19.3 Å². The van der Waals surface area contributed by atoms with Crippen LogP contribution in [0, 0.1) is 5.92 Å². The molecule has 0 saturated carbocycles. The van der Waals surface area contributed by atoms with Gasteiger partial charge in [0.25, 0.3) is 0 Å². The van der Waals surface area contributed by atoms with Gasteiger partial charge in [-0.2, -0.15) is 0 Å². The van der Waals surface area contributed by atoms with E-state index in [2.05, 4.69) is 27.7 Å². The van der Waals surface area contributed by atoms with Crippen molar-refractivity contribution in [2.24, 2.45) is 5.92 Å². The zero-order valence-corrected chi connectivity index (χ0v) is 43.8. The highest BCUT2D eigenvalue weighted by Crippen LogP contribution is 2.18. The molecule has 0 aromatic rings. The van der Waals surface area contributed by atoms with Crippen molar-refractivity contribution in [1.82, 2.24) is 0 Å². The van der Waals surface area contributed by atoms with Crippen molar-refractivity contribution in [1.29, 1.82) is 0 Å². The lowest BCUT2D eigenvalue weighted by atomic mass is 9.99. The summed E-state index contributed by atoms with van der Waals surface area (Å²) in [4.78, 5) is 38.1. The fraction of sp³-hybridized carbons (Fsp3) is 0.948. The molecule has 0 rings (SSSR count). The van der Waals surface area contributed by atoms with Gasteiger partial charge in [-0.15, -0.1) is 0 Å². The average molecular weight is 906 g/mol. The lowest BCUT2D eigenvalue weighted by molar-refractivity contribution is -0.167. The van der Waals surface area contributed by atoms with Gasteiger partial charge in [0.1, 0.15) is 13.2 Å². The van der Waals surface area contributed by atoms with Gasteiger partial charge in [0.05, 0.1) is 0 Å². The van der Waals surface area contributed by atoms with Gasteiger partial charge in [-0.05, 0) is 25.2 Å². The van der Waals surface area contributed by atoms with E-state index in [1.165, 1.54) is 225 Å². The van der Waals surface area contributed by atoms with Crippen molar-refractivity contribution in [3.63, 3.8) is 0 Å². The monoisotopic (exact) mass is 905 g/mol. The fourth-order valence-corrected chi connectivity index (χ4v) is 8.89. The third kappa shape index (κ3) is 49.8. The smallest absolute Gasteiger partial charge is 0.306 e. The van der Waals surface area contributed by atoms with E-state index in [9.17, 15) is 14.4 Å². The van der Waals surface area contributed by atoms with Crippen molar-refractivity contribution in [2.45, 2.75) is 336 Å². The Morgan fingerprint density at radius 1 is 0.312 bits per heavy atom. The SMILES string of the molecule is CCCCCCCCCCCCCCCCCCCCCC(=O)OC[C@H](COC(=O)CCCCCCCCCCCCCCC)OC(=O)CCCCCCCCCCCCC(C)CC. The molecule has 0 radical (unpaired) electrons. The van der Waals surface area contributed by atoms with Gasteiger partial charge in [-0.3, -0.25) is 14.4 Å². The molecule has 6 heteroatoms. The second kappa shape index (κ2) is 52.4. The Labute approximate surface area is 399 Å². The highest BCUT2D eigenvalue weighted by Gasteiger charge is 2.19. The van der Waals surface area contributed by atoms with Gasteiger partial charge in [-0.1, -0.05) is 291 Å². The molecule has 0 aromatic carbocycles. The summed E-state index contributed by atoms with van der Waals surface area (Å²) in [6, 6.07) is 0. The van der Waals surface area contributed by atoms with Crippen molar-refractivity contribution in [2.75, 3.05) is 13.2 Å². The Morgan fingerprint density at radius 2 is 0.547 bits per heavy atom.